The minimum Gasteiger partial charge on any atom is -0.355 e. The molecule has 1 aliphatic heterocycles. The molecule has 9 aromatic carbocycles. The van der Waals surface area contributed by atoms with Crippen LogP contribution in [-0.4, -0.2) is 11.8 Å². The van der Waals surface area contributed by atoms with Crippen LogP contribution in [0, 0.1) is 0 Å². The first kappa shape index (κ1) is 46.6. The number of nitrogens with zero attached hydrogens (tertiary/aromatic N) is 1. The molecule has 0 saturated heterocycles. The van der Waals surface area contributed by atoms with Crippen molar-refractivity contribution in [1.82, 2.24) is 4.57 Å². The second-order valence-electron chi connectivity index (χ2n) is 26.5. The van der Waals surface area contributed by atoms with Gasteiger partial charge in [0.1, 0.15) is 0 Å². The standard InChI is InChI=1S/C71H67BN2S/c1-67(2,3)42-23-26-44(27-24-42)73-58-39-62-50(51-37-55-56(38-61(51)75-62)70(9,10)32-31-69(55,7)8)36-49(58)52-35-47(41-21-28-54-48(33-41)46-19-15-16-20-53(46)71(54,11)12)64-63-45-18-14-13-17-40(45)22-29-60(63)74-59-30-25-43(68(4,5)6)34-57(59)72-65(52)66(64)74/h13-30,33-39,72-73H,31-32H2,1-12H3. The molecule has 14 rings (SSSR count). The molecule has 0 atom stereocenters. The zero-order valence-corrected chi connectivity index (χ0v) is 46.7. The van der Waals surface area contributed by atoms with E-state index >= 15 is 0 Å². The number of rotatable bonds is 4. The Morgan fingerprint density at radius 3 is 1.93 bits per heavy atom. The highest BCUT2D eigenvalue weighted by atomic mass is 32.1. The summed E-state index contributed by atoms with van der Waals surface area (Å²) in [6.07, 6.45) is 2.39. The lowest BCUT2D eigenvalue weighted by atomic mass is 9.58. The molecule has 0 radical (unpaired) electrons. The van der Waals surface area contributed by atoms with Crippen molar-refractivity contribution in [3.8, 4) is 39.1 Å². The molecule has 4 heteroatoms. The van der Waals surface area contributed by atoms with Gasteiger partial charge in [0.2, 0.25) is 0 Å². The van der Waals surface area contributed by atoms with E-state index < -0.39 is 0 Å². The summed E-state index contributed by atoms with van der Waals surface area (Å²) in [4.78, 5) is 0. The second kappa shape index (κ2) is 15.6. The van der Waals surface area contributed by atoms with E-state index in [1.807, 2.05) is 11.3 Å². The van der Waals surface area contributed by atoms with Crippen LogP contribution in [0.5, 0.6) is 0 Å². The monoisotopic (exact) mass is 991 g/mol. The van der Waals surface area contributed by atoms with Gasteiger partial charge in [0.25, 0.3) is 0 Å². The number of hydrogen-bond acceptors (Lipinski definition) is 2. The smallest absolute Gasteiger partial charge is 0.198 e. The molecule has 2 nitrogen and oxygen atoms in total. The van der Waals surface area contributed by atoms with Crippen LogP contribution in [-0.2, 0) is 27.1 Å². The number of thiophene rings is 1. The van der Waals surface area contributed by atoms with E-state index in [0.717, 1.165) is 18.7 Å². The van der Waals surface area contributed by atoms with Crippen molar-refractivity contribution in [3.63, 3.8) is 0 Å². The predicted molar refractivity (Wildman–Crippen MR) is 328 cm³/mol. The number of nitrogens with one attached hydrogen (secondary N) is 1. The average molecular weight is 991 g/mol. The second-order valence-corrected chi connectivity index (χ2v) is 27.6. The van der Waals surface area contributed by atoms with Crippen molar-refractivity contribution in [2.75, 3.05) is 5.32 Å². The van der Waals surface area contributed by atoms with Crippen LogP contribution in [0.2, 0.25) is 0 Å². The molecule has 2 aliphatic carbocycles. The molecule has 0 spiro atoms. The first-order chi connectivity index (χ1) is 35.7. The Bertz CT molecular complexity index is 4270. The topological polar surface area (TPSA) is 17.0 Å². The first-order valence-corrected chi connectivity index (χ1v) is 28.3. The number of benzene rings is 9. The van der Waals surface area contributed by atoms with Gasteiger partial charge in [-0.2, -0.15) is 0 Å². The zero-order chi connectivity index (χ0) is 51.9. The van der Waals surface area contributed by atoms with Crippen LogP contribution in [0.4, 0.5) is 11.4 Å². The van der Waals surface area contributed by atoms with Crippen molar-refractivity contribution >= 4 is 93.7 Å². The number of aromatic nitrogens is 1. The third-order valence-electron chi connectivity index (χ3n) is 18.4. The number of anilines is 2. The molecule has 0 unspecified atom stereocenters. The summed E-state index contributed by atoms with van der Waals surface area (Å²) in [7, 11) is 0.824. The molecule has 0 saturated carbocycles. The van der Waals surface area contributed by atoms with Crippen molar-refractivity contribution in [2.24, 2.45) is 0 Å². The Kier molecular flexibility index (Phi) is 9.71. The Balaban J connectivity index is 1.13. The van der Waals surface area contributed by atoms with Gasteiger partial charge in [-0.25, -0.2) is 0 Å². The minimum atomic E-state index is -0.0912. The summed E-state index contributed by atoms with van der Waals surface area (Å²) in [5, 5.41) is 12.0. The predicted octanol–water partition coefficient (Wildman–Crippen LogP) is 18.3. The average Bonchev–Trinajstić information content (AvgIpc) is 4.05. The molecule has 3 aliphatic rings. The van der Waals surface area contributed by atoms with Crippen molar-refractivity contribution in [2.45, 2.75) is 123 Å². The van der Waals surface area contributed by atoms with Gasteiger partial charge in [-0.3, -0.25) is 0 Å². The van der Waals surface area contributed by atoms with Crippen molar-refractivity contribution in [1.29, 1.82) is 0 Å². The lowest BCUT2D eigenvalue weighted by molar-refractivity contribution is 0.332. The maximum absolute atomic E-state index is 4.11. The molecule has 75 heavy (non-hydrogen) atoms. The quantitative estimate of drug-likeness (QED) is 0.174. The van der Waals surface area contributed by atoms with Gasteiger partial charge in [-0.1, -0.05) is 180 Å². The first-order valence-electron chi connectivity index (χ1n) is 27.5. The van der Waals surface area contributed by atoms with E-state index in [1.165, 1.54) is 149 Å². The fraction of sp³-hybridized carbons (Fsp3) is 0.268. The van der Waals surface area contributed by atoms with Crippen molar-refractivity contribution in [3.05, 3.63) is 185 Å². The van der Waals surface area contributed by atoms with Gasteiger partial charge in [0.15, 0.2) is 7.28 Å². The van der Waals surface area contributed by atoms with E-state index in [-0.39, 0.29) is 27.1 Å². The summed E-state index contributed by atoms with van der Waals surface area (Å²) in [6.45, 7) is 28.6. The molecular weight excluding hydrogens is 924 g/mol. The van der Waals surface area contributed by atoms with Gasteiger partial charge < -0.3 is 9.88 Å². The highest BCUT2D eigenvalue weighted by Gasteiger charge is 2.39. The third kappa shape index (κ3) is 6.90. The maximum Gasteiger partial charge on any atom is 0.198 e. The molecule has 11 aromatic rings. The summed E-state index contributed by atoms with van der Waals surface area (Å²) in [5.74, 6) is 0. The van der Waals surface area contributed by atoms with Gasteiger partial charge in [0.05, 0.1) is 5.52 Å². The molecule has 0 bridgehead atoms. The van der Waals surface area contributed by atoms with E-state index in [9.17, 15) is 0 Å². The van der Waals surface area contributed by atoms with Crippen LogP contribution in [0.3, 0.4) is 0 Å². The molecule has 0 amide bonds. The van der Waals surface area contributed by atoms with Crippen LogP contribution < -0.4 is 16.2 Å². The lowest BCUT2D eigenvalue weighted by Gasteiger charge is -2.41. The summed E-state index contributed by atoms with van der Waals surface area (Å²) in [5.41, 5.74) is 25.3. The minimum absolute atomic E-state index is 0.000663. The summed E-state index contributed by atoms with van der Waals surface area (Å²) < 4.78 is 5.35. The Labute approximate surface area is 448 Å². The van der Waals surface area contributed by atoms with Crippen molar-refractivity contribution < 1.29 is 0 Å². The Morgan fingerprint density at radius 1 is 0.507 bits per heavy atom. The van der Waals surface area contributed by atoms with Gasteiger partial charge in [0, 0.05) is 64.5 Å². The molecular formula is C71H67BN2S. The van der Waals surface area contributed by atoms with Gasteiger partial charge >= 0.3 is 0 Å². The van der Waals surface area contributed by atoms with Gasteiger partial charge in [-0.15, -0.1) is 11.3 Å². The van der Waals surface area contributed by atoms with Crippen LogP contribution in [0.15, 0.2) is 152 Å². The fourth-order valence-corrected chi connectivity index (χ4v) is 15.0. The Hall–Kier alpha value is -6.88. The SMILES string of the molecule is CC(C)(C)c1ccc(Nc2cc3sc4cc5c(cc4c3cc2-c2cc(-c3ccc4c(c3)-c3ccccc3C4(C)C)c3c4c6ccccc6ccc4n4c3c2Bc2cc(C(C)(C)C)ccc2-4)C(C)(C)CCC5(C)C)cc1. The lowest BCUT2D eigenvalue weighted by Crippen LogP contribution is -2.38. The maximum atomic E-state index is 4.11. The van der Waals surface area contributed by atoms with Crippen LogP contribution in [0.25, 0.3) is 91.8 Å². The van der Waals surface area contributed by atoms with E-state index in [0.29, 0.717) is 0 Å². The van der Waals surface area contributed by atoms with E-state index in [4.69, 9.17) is 0 Å². The third-order valence-corrected chi connectivity index (χ3v) is 19.5. The van der Waals surface area contributed by atoms with Gasteiger partial charge in [-0.05, 0) is 173 Å². The zero-order valence-electron chi connectivity index (χ0n) is 45.9. The fourth-order valence-electron chi connectivity index (χ4n) is 13.8. The molecule has 1 N–H and O–H groups in total. The highest BCUT2D eigenvalue weighted by molar-refractivity contribution is 7.25. The highest BCUT2D eigenvalue weighted by Crippen LogP contribution is 2.54. The summed E-state index contributed by atoms with van der Waals surface area (Å²) in [6, 6.07) is 59.7. The van der Waals surface area contributed by atoms with E-state index in [2.05, 4.69) is 245 Å². The molecule has 3 heterocycles. The van der Waals surface area contributed by atoms with Crippen LogP contribution in [0.1, 0.15) is 129 Å². The number of hydrogen-bond donors (Lipinski definition) is 1. The molecule has 370 valence electrons. The summed E-state index contributed by atoms with van der Waals surface area (Å²) >= 11 is 1.96. The van der Waals surface area contributed by atoms with E-state index in [1.54, 1.807) is 0 Å². The molecule has 0 fully saturated rings. The Morgan fingerprint density at radius 2 is 1.17 bits per heavy atom. The number of fused-ring (bicyclic) bond motifs is 14. The molecule has 2 aromatic heterocycles. The van der Waals surface area contributed by atoms with Crippen LogP contribution >= 0.6 is 11.3 Å². The largest absolute Gasteiger partial charge is 0.355 e. The normalized spacial score (nSPS) is 16.1.